The number of benzene rings is 1. The highest BCUT2D eigenvalue weighted by Gasteiger charge is 2.05. The number of rotatable bonds is 2. The van der Waals surface area contributed by atoms with Crippen molar-refractivity contribution >= 4 is 23.1 Å². The number of hydrogen-bond donors (Lipinski definition) is 0. The Morgan fingerprint density at radius 2 is 1.87 bits per heavy atom. The Kier molecular flexibility index (Phi) is 3.03. The Balaban J connectivity index is 2.31. The van der Waals surface area contributed by atoms with Gasteiger partial charge in [-0.3, -0.25) is 0 Å². The van der Waals surface area contributed by atoms with Crippen LogP contribution >= 0.6 is 23.1 Å². The van der Waals surface area contributed by atoms with Gasteiger partial charge in [-0.05, 0) is 34.6 Å². The lowest BCUT2D eigenvalue weighted by atomic mass is 10.0. The minimum absolute atomic E-state index is 0.322. The molecule has 0 aliphatic heterocycles. The van der Waals surface area contributed by atoms with Gasteiger partial charge < -0.3 is 0 Å². The summed E-state index contributed by atoms with van der Waals surface area (Å²) in [7, 11) is 0. The average Bonchev–Trinajstić information content (AvgIpc) is 2.65. The van der Waals surface area contributed by atoms with Gasteiger partial charge in [-0.25, -0.2) is 4.98 Å². The summed E-state index contributed by atoms with van der Waals surface area (Å²) in [5.41, 5.74) is 2.40. The molecule has 0 aliphatic rings. The summed E-state index contributed by atoms with van der Waals surface area (Å²) in [5.74, 6) is 0.553. The molecule has 2 rings (SSSR count). The zero-order chi connectivity index (χ0) is 10.8. The van der Waals surface area contributed by atoms with E-state index in [9.17, 15) is 0 Å². The van der Waals surface area contributed by atoms with Crippen LogP contribution in [0, 0.1) is 0 Å². The molecule has 1 aromatic carbocycles. The van der Waals surface area contributed by atoms with E-state index in [2.05, 4.69) is 47.5 Å². The summed E-state index contributed by atoms with van der Waals surface area (Å²) >= 11 is 7.00. The van der Waals surface area contributed by atoms with E-state index in [1.54, 1.807) is 0 Å². The van der Waals surface area contributed by atoms with Gasteiger partial charge in [-0.1, -0.05) is 38.1 Å². The number of halogens is 1. The predicted molar refractivity (Wildman–Crippen MR) is 64.4 cm³/mol. The second-order valence-electron chi connectivity index (χ2n) is 3.65. The summed E-state index contributed by atoms with van der Waals surface area (Å²) in [6.07, 6.45) is 0. The Morgan fingerprint density at radius 3 is 2.33 bits per heavy atom. The summed E-state index contributed by atoms with van der Waals surface area (Å²) in [4.78, 5) is 4.13. The van der Waals surface area contributed by atoms with Crippen LogP contribution in [0.5, 0.6) is 0 Å². The summed E-state index contributed by atoms with van der Waals surface area (Å²) < 4.78 is 3.95. The predicted octanol–water partition coefficient (Wildman–Crippen LogP) is 3.98. The molecule has 4 heteroatoms. The van der Waals surface area contributed by atoms with Crippen molar-refractivity contribution in [3.63, 3.8) is 0 Å². The highest BCUT2D eigenvalue weighted by molar-refractivity contribution is 7.09. The highest BCUT2D eigenvalue weighted by atomic mass is 35.5. The molecule has 0 bridgehead atoms. The molecule has 15 heavy (non-hydrogen) atoms. The molecule has 0 amide bonds. The minimum atomic E-state index is 0.322. The molecule has 1 heterocycles. The van der Waals surface area contributed by atoms with E-state index in [1.165, 1.54) is 17.1 Å². The fourth-order valence-electron chi connectivity index (χ4n) is 1.33. The third-order valence-electron chi connectivity index (χ3n) is 2.23. The van der Waals surface area contributed by atoms with E-state index in [0.717, 1.165) is 10.6 Å². The number of aromatic nitrogens is 2. The van der Waals surface area contributed by atoms with E-state index in [4.69, 9.17) is 11.6 Å². The maximum atomic E-state index is 5.68. The minimum Gasteiger partial charge on any atom is -0.205 e. The number of hydrogen-bond acceptors (Lipinski definition) is 3. The molecular weight excluding hydrogens is 228 g/mol. The van der Waals surface area contributed by atoms with Gasteiger partial charge in [0.15, 0.2) is 0 Å². The van der Waals surface area contributed by atoms with Crippen LogP contribution in [0.3, 0.4) is 0 Å². The quantitative estimate of drug-likeness (QED) is 0.791. The first-order chi connectivity index (χ1) is 7.16. The third-order valence-corrected chi connectivity index (χ3v) is 3.26. The van der Waals surface area contributed by atoms with E-state index in [1.807, 2.05) is 0 Å². The van der Waals surface area contributed by atoms with Gasteiger partial charge in [0.2, 0.25) is 5.28 Å². The molecule has 78 valence electrons. The maximum absolute atomic E-state index is 5.68. The molecule has 0 aliphatic carbocycles. The van der Waals surface area contributed by atoms with Gasteiger partial charge in [-0.2, -0.15) is 4.37 Å². The SMILES string of the molecule is CC(C)c1ccc(-c2nc(Cl)ns2)cc1. The lowest BCUT2D eigenvalue weighted by Crippen LogP contribution is -1.86. The van der Waals surface area contributed by atoms with Crippen LogP contribution in [0.15, 0.2) is 24.3 Å². The van der Waals surface area contributed by atoms with Gasteiger partial charge in [0, 0.05) is 5.56 Å². The monoisotopic (exact) mass is 238 g/mol. The van der Waals surface area contributed by atoms with Crippen LogP contribution in [0.25, 0.3) is 10.6 Å². The lowest BCUT2D eigenvalue weighted by molar-refractivity contribution is 0.867. The van der Waals surface area contributed by atoms with Crippen molar-refractivity contribution in [3.8, 4) is 10.6 Å². The molecule has 0 N–H and O–H groups in total. The zero-order valence-corrected chi connectivity index (χ0v) is 10.1. The van der Waals surface area contributed by atoms with Crippen LogP contribution in [0.1, 0.15) is 25.3 Å². The van der Waals surface area contributed by atoms with Crippen LogP contribution in [-0.2, 0) is 0 Å². The average molecular weight is 239 g/mol. The molecule has 0 saturated carbocycles. The van der Waals surface area contributed by atoms with Crippen molar-refractivity contribution in [3.05, 3.63) is 35.1 Å². The normalized spacial score (nSPS) is 10.9. The first-order valence-corrected chi connectivity index (χ1v) is 5.91. The standard InChI is InChI=1S/C11H11ClN2S/c1-7(2)8-3-5-9(6-4-8)10-13-11(12)14-15-10/h3-7H,1-2H3. The molecule has 0 radical (unpaired) electrons. The Labute approximate surface area is 98.1 Å². The van der Waals surface area contributed by atoms with E-state index < -0.39 is 0 Å². The van der Waals surface area contributed by atoms with Gasteiger partial charge in [0.05, 0.1) is 0 Å². The fraction of sp³-hybridized carbons (Fsp3) is 0.273. The van der Waals surface area contributed by atoms with Crippen molar-refractivity contribution in [1.82, 2.24) is 9.36 Å². The second-order valence-corrected chi connectivity index (χ2v) is 4.74. The van der Waals surface area contributed by atoms with E-state index in [-0.39, 0.29) is 0 Å². The fourth-order valence-corrected chi connectivity index (χ4v) is 2.14. The van der Waals surface area contributed by atoms with Crippen LogP contribution in [-0.4, -0.2) is 9.36 Å². The highest BCUT2D eigenvalue weighted by Crippen LogP contribution is 2.24. The van der Waals surface area contributed by atoms with Crippen LogP contribution in [0.2, 0.25) is 5.28 Å². The summed E-state index contributed by atoms with van der Waals surface area (Å²) in [5, 5.41) is 1.19. The van der Waals surface area contributed by atoms with Gasteiger partial charge in [0.25, 0.3) is 0 Å². The van der Waals surface area contributed by atoms with Gasteiger partial charge in [0.1, 0.15) is 5.01 Å². The van der Waals surface area contributed by atoms with Crippen molar-refractivity contribution in [1.29, 1.82) is 0 Å². The van der Waals surface area contributed by atoms with Crippen molar-refractivity contribution in [2.75, 3.05) is 0 Å². The van der Waals surface area contributed by atoms with Crippen LogP contribution in [0.4, 0.5) is 0 Å². The summed E-state index contributed by atoms with van der Waals surface area (Å²) in [6.45, 7) is 4.35. The zero-order valence-electron chi connectivity index (χ0n) is 8.57. The first kappa shape index (κ1) is 10.6. The molecule has 1 aromatic heterocycles. The maximum Gasteiger partial charge on any atom is 0.234 e. The van der Waals surface area contributed by atoms with Gasteiger partial charge in [-0.15, -0.1) is 0 Å². The molecule has 0 fully saturated rings. The second kappa shape index (κ2) is 4.29. The number of nitrogens with zero attached hydrogens (tertiary/aromatic N) is 2. The molecule has 0 atom stereocenters. The third kappa shape index (κ3) is 2.36. The summed E-state index contributed by atoms with van der Waals surface area (Å²) in [6, 6.07) is 8.36. The van der Waals surface area contributed by atoms with E-state index in [0.29, 0.717) is 11.2 Å². The first-order valence-electron chi connectivity index (χ1n) is 4.76. The topological polar surface area (TPSA) is 25.8 Å². The molecule has 0 spiro atoms. The molecule has 0 saturated heterocycles. The molecule has 0 unspecified atom stereocenters. The Morgan fingerprint density at radius 1 is 1.20 bits per heavy atom. The van der Waals surface area contributed by atoms with Crippen molar-refractivity contribution < 1.29 is 0 Å². The Bertz CT molecular complexity index is 448. The lowest BCUT2D eigenvalue weighted by Gasteiger charge is -2.04. The van der Waals surface area contributed by atoms with E-state index >= 15 is 0 Å². The van der Waals surface area contributed by atoms with Crippen molar-refractivity contribution in [2.45, 2.75) is 19.8 Å². The van der Waals surface area contributed by atoms with Crippen molar-refractivity contribution in [2.24, 2.45) is 0 Å². The molecule has 2 nitrogen and oxygen atoms in total. The Hall–Kier alpha value is -0.930. The molecular formula is C11H11ClN2S. The van der Waals surface area contributed by atoms with Gasteiger partial charge >= 0.3 is 0 Å². The van der Waals surface area contributed by atoms with Crippen LogP contribution < -0.4 is 0 Å². The largest absolute Gasteiger partial charge is 0.234 e. The molecule has 2 aromatic rings. The smallest absolute Gasteiger partial charge is 0.205 e.